The molecule has 0 aromatic carbocycles. The van der Waals surface area contributed by atoms with Crippen LogP contribution in [0.25, 0.3) is 11.0 Å². The summed E-state index contributed by atoms with van der Waals surface area (Å²) in [6.07, 6.45) is 4.03. The van der Waals surface area contributed by atoms with Crippen LogP contribution >= 0.6 is 0 Å². The van der Waals surface area contributed by atoms with E-state index in [1.54, 1.807) is 0 Å². The molecule has 0 radical (unpaired) electrons. The first kappa shape index (κ1) is 9.25. The van der Waals surface area contributed by atoms with E-state index in [2.05, 4.69) is 55.6 Å². The minimum absolute atomic E-state index is 0.101. The molecule has 0 saturated carbocycles. The zero-order valence-electron chi connectivity index (χ0n) is 9.20. The Balaban J connectivity index is 2.70. The molecule has 2 nitrogen and oxygen atoms in total. The lowest BCUT2D eigenvalue weighted by Crippen LogP contribution is -2.20. The highest BCUT2D eigenvalue weighted by molar-refractivity contribution is 5.76. The van der Waals surface area contributed by atoms with Gasteiger partial charge in [0.1, 0.15) is 5.65 Å². The third-order valence-corrected chi connectivity index (χ3v) is 2.39. The van der Waals surface area contributed by atoms with Crippen molar-refractivity contribution in [2.24, 2.45) is 0 Å². The van der Waals surface area contributed by atoms with Crippen molar-refractivity contribution in [2.45, 2.75) is 33.2 Å². The molecule has 2 heterocycles. The Kier molecular flexibility index (Phi) is 1.88. The van der Waals surface area contributed by atoms with E-state index in [9.17, 15) is 0 Å². The van der Waals surface area contributed by atoms with Gasteiger partial charge in [-0.25, -0.2) is 4.98 Å². The van der Waals surface area contributed by atoms with Gasteiger partial charge in [-0.2, -0.15) is 0 Å². The largest absolute Gasteiger partial charge is 0.327 e. The molecule has 0 aliphatic rings. The van der Waals surface area contributed by atoms with Gasteiger partial charge in [-0.3, -0.25) is 0 Å². The second-order valence-corrected chi connectivity index (χ2v) is 4.78. The van der Waals surface area contributed by atoms with E-state index in [-0.39, 0.29) is 5.54 Å². The maximum Gasteiger partial charge on any atom is 0.140 e. The number of rotatable bonds is 0. The maximum absolute atomic E-state index is 4.47. The van der Waals surface area contributed by atoms with Crippen molar-refractivity contribution < 1.29 is 0 Å². The van der Waals surface area contributed by atoms with Crippen molar-refractivity contribution in [1.29, 1.82) is 0 Å². The van der Waals surface area contributed by atoms with Crippen LogP contribution in [0.5, 0.6) is 0 Å². The third kappa shape index (κ3) is 1.41. The van der Waals surface area contributed by atoms with Crippen LogP contribution in [-0.2, 0) is 5.54 Å². The van der Waals surface area contributed by atoms with E-state index in [0.29, 0.717) is 0 Å². The smallest absolute Gasteiger partial charge is 0.140 e. The van der Waals surface area contributed by atoms with Gasteiger partial charge in [0.25, 0.3) is 0 Å². The van der Waals surface area contributed by atoms with Crippen molar-refractivity contribution in [3.8, 4) is 0 Å². The summed E-state index contributed by atoms with van der Waals surface area (Å²) in [6, 6.07) is 4.30. The van der Waals surface area contributed by atoms with Crippen LogP contribution < -0.4 is 0 Å². The van der Waals surface area contributed by atoms with Gasteiger partial charge in [-0.05, 0) is 45.4 Å². The van der Waals surface area contributed by atoms with Crippen LogP contribution in [0.4, 0.5) is 0 Å². The highest BCUT2D eigenvalue weighted by atomic mass is 15.1. The van der Waals surface area contributed by atoms with Crippen molar-refractivity contribution in [1.82, 2.24) is 9.55 Å². The van der Waals surface area contributed by atoms with E-state index >= 15 is 0 Å². The molecule has 0 aliphatic heterocycles. The van der Waals surface area contributed by atoms with Crippen molar-refractivity contribution in [2.75, 3.05) is 0 Å². The second-order valence-electron chi connectivity index (χ2n) is 4.78. The molecule has 0 aliphatic carbocycles. The lowest BCUT2D eigenvalue weighted by atomic mass is 10.1. The highest BCUT2D eigenvalue weighted by Crippen LogP contribution is 2.22. The number of hydrogen-bond acceptors (Lipinski definition) is 1. The molecule has 0 bridgehead atoms. The van der Waals surface area contributed by atoms with Gasteiger partial charge >= 0.3 is 0 Å². The third-order valence-electron chi connectivity index (χ3n) is 2.39. The fraction of sp³-hybridized carbons (Fsp3) is 0.417. The van der Waals surface area contributed by atoms with Crippen LogP contribution in [0.15, 0.2) is 24.5 Å². The molecule has 14 heavy (non-hydrogen) atoms. The lowest BCUT2D eigenvalue weighted by Gasteiger charge is -2.21. The van der Waals surface area contributed by atoms with E-state index in [1.807, 2.05) is 6.20 Å². The molecule has 2 heteroatoms. The number of nitrogens with zero attached hydrogens (tertiary/aromatic N) is 2. The second kappa shape index (κ2) is 2.84. The molecule has 0 unspecified atom stereocenters. The number of pyridine rings is 1. The van der Waals surface area contributed by atoms with E-state index in [0.717, 1.165) is 5.65 Å². The molecule has 0 amide bonds. The first-order valence-electron chi connectivity index (χ1n) is 4.93. The first-order chi connectivity index (χ1) is 6.48. The average molecular weight is 188 g/mol. The van der Waals surface area contributed by atoms with Gasteiger partial charge in [0, 0.05) is 23.3 Å². The molecular formula is C12H16N2. The average Bonchev–Trinajstić information content (AvgIpc) is 2.45. The fourth-order valence-electron chi connectivity index (χ4n) is 1.68. The van der Waals surface area contributed by atoms with Gasteiger partial charge in [0.2, 0.25) is 0 Å². The van der Waals surface area contributed by atoms with Crippen LogP contribution in [0.2, 0.25) is 0 Å². The standard InChI is InChI=1S/C12H16N2/c1-9-7-10-5-6-14(12(2,3)4)11(10)13-8-9/h5-8H,1-4H3. The summed E-state index contributed by atoms with van der Waals surface area (Å²) >= 11 is 0. The summed E-state index contributed by atoms with van der Waals surface area (Å²) in [5, 5.41) is 1.22. The quantitative estimate of drug-likeness (QED) is 0.621. The summed E-state index contributed by atoms with van der Waals surface area (Å²) < 4.78 is 2.21. The predicted molar refractivity (Wildman–Crippen MR) is 59.5 cm³/mol. The van der Waals surface area contributed by atoms with E-state index in [4.69, 9.17) is 0 Å². The molecule has 2 aromatic heterocycles. The predicted octanol–water partition coefficient (Wildman–Crippen LogP) is 3.10. The minimum atomic E-state index is 0.101. The molecule has 0 atom stereocenters. The van der Waals surface area contributed by atoms with Crippen LogP contribution in [0.1, 0.15) is 26.3 Å². The Hall–Kier alpha value is -1.31. The van der Waals surface area contributed by atoms with Crippen molar-refractivity contribution in [3.63, 3.8) is 0 Å². The summed E-state index contributed by atoms with van der Waals surface area (Å²) in [5.41, 5.74) is 2.39. The molecule has 0 spiro atoms. The Morgan fingerprint density at radius 3 is 2.64 bits per heavy atom. The Bertz CT molecular complexity index is 461. The molecule has 0 saturated heterocycles. The maximum atomic E-state index is 4.47. The zero-order chi connectivity index (χ0) is 10.3. The van der Waals surface area contributed by atoms with Crippen molar-refractivity contribution >= 4 is 11.0 Å². The lowest BCUT2D eigenvalue weighted by molar-refractivity contribution is 0.408. The molecule has 0 N–H and O–H groups in total. The zero-order valence-corrected chi connectivity index (χ0v) is 9.20. The Labute approximate surface area is 84.6 Å². The summed E-state index contributed by atoms with van der Waals surface area (Å²) in [4.78, 5) is 4.47. The van der Waals surface area contributed by atoms with Crippen molar-refractivity contribution in [3.05, 3.63) is 30.1 Å². The topological polar surface area (TPSA) is 17.8 Å². The summed E-state index contributed by atoms with van der Waals surface area (Å²) in [7, 11) is 0. The fourth-order valence-corrected chi connectivity index (χ4v) is 1.68. The minimum Gasteiger partial charge on any atom is -0.327 e. The van der Waals surface area contributed by atoms with Crippen LogP contribution in [0, 0.1) is 6.92 Å². The number of aryl methyl sites for hydroxylation is 1. The van der Waals surface area contributed by atoms with Gasteiger partial charge in [0.15, 0.2) is 0 Å². The molecular weight excluding hydrogens is 172 g/mol. The highest BCUT2D eigenvalue weighted by Gasteiger charge is 2.15. The number of fused-ring (bicyclic) bond motifs is 1. The Morgan fingerprint density at radius 2 is 2.00 bits per heavy atom. The van der Waals surface area contributed by atoms with Crippen LogP contribution in [0.3, 0.4) is 0 Å². The molecule has 74 valence electrons. The normalized spacial score (nSPS) is 12.3. The van der Waals surface area contributed by atoms with Crippen LogP contribution in [-0.4, -0.2) is 9.55 Å². The molecule has 0 fully saturated rings. The Morgan fingerprint density at radius 1 is 1.29 bits per heavy atom. The molecule has 2 rings (SSSR count). The van der Waals surface area contributed by atoms with Gasteiger partial charge in [0.05, 0.1) is 0 Å². The van der Waals surface area contributed by atoms with Gasteiger partial charge in [-0.15, -0.1) is 0 Å². The van der Waals surface area contributed by atoms with Gasteiger partial charge in [-0.1, -0.05) is 0 Å². The monoisotopic (exact) mass is 188 g/mol. The van der Waals surface area contributed by atoms with E-state index < -0.39 is 0 Å². The number of aromatic nitrogens is 2. The van der Waals surface area contributed by atoms with Gasteiger partial charge < -0.3 is 4.57 Å². The first-order valence-corrected chi connectivity index (χ1v) is 4.93. The van der Waals surface area contributed by atoms with E-state index in [1.165, 1.54) is 10.9 Å². The summed E-state index contributed by atoms with van der Waals surface area (Å²) in [6.45, 7) is 8.64. The number of hydrogen-bond donors (Lipinski definition) is 0. The summed E-state index contributed by atoms with van der Waals surface area (Å²) in [5.74, 6) is 0. The SMILES string of the molecule is Cc1cnc2c(ccn2C(C)(C)C)c1. The molecule has 2 aromatic rings.